The van der Waals surface area contributed by atoms with Crippen molar-refractivity contribution >= 4 is 34.8 Å². The molecule has 3 aromatic carbocycles. The minimum Gasteiger partial charge on any atom is -0.454 e. The van der Waals surface area contributed by atoms with Crippen LogP contribution >= 0.6 is 23.2 Å². The molecule has 0 radical (unpaired) electrons. The molecular weight excluding hydrogens is 512 g/mol. The molecule has 1 aliphatic rings. The van der Waals surface area contributed by atoms with Crippen LogP contribution in [0.2, 0.25) is 10.0 Å². The lowest BCUT2D eigenvalue weighted by Crippen LogP contribution is -2.37. The number of halogens is 5. The Kier molecular flexibility index (Phi) is 6.77. The number of non-ortho nitro benzene ring substituents is 1. The summed E-state index contributed by atoms with van der Waals surface area (Å²) in [5.41, 5.74) is 1.34. The molecule has 0 aromatic heterocycles. The maximum absolute atomic E-state index is 13.0. The normalized spacial score (nSPS) is 13.4. The zero-order valence-electron chi connectivity index (χ0n) is 17.6. The number of amides is 1. The molecule has 3 aromatic rings. The predicted octanol–water partition coefficient (Wildman–Crippen LogP) is 6.79. The summed E-state index contributed by atoms with van der Waals surface area (Å²) in [4.78, 5) is 24.8. The third kappa shape index (κ3) is 5.77. The van der Waals surface area contributed by atoms with Crippen LogP contribution in [0.5, 0.6) is 17.2 Å². The van der Waals surface area contributed by atoms with Crippen LogP contribution in [0.3, 0.4) is 0 Å². The first kappa shape index (κ1) is 24.6. The van der Waals surface area contributed by atoms with E-state index in [1.54, 1.807) is 18.2 Å². The van der Waals surface area contributed by atoms with Crippen LogP contribution in [0.4, 0.5) is 18.9 Å². The van der Waals surface area contributed by atoms with Gasteiger partial charge in [-0.3, -0.25) is 14.9 Å². The first-order chi connectivity index (χ1) is 16.5. The molecule has 0 aliphatic carbocycles. The summed E-state index contributed by atoms with van der Waals surface area (Å²) in [5, 5.41) is 10.9. The number of nitro groups is 1. The number of ether oxygens (including phenoxy) is 2. The van der Waals surface area contributed by atoms with E-state index in [2.05, 4.69) is 4.74 Å². The van der Waals surface area contributed by atoms with E-state index < -0.39 is 11.3 Å². The van der Waals surface area contributed by atoms with Crippen molar-refractivity contribution in [1.29, 1.82) is 0 Å². The maximum atomic E-state index is 13.0. The highest BCUT2D eigenvalue weighted by Gasteiger charge is 2.31. The van der Waals surface area contributed by atoms with Crippen molar-refractivity contribution in [3.8, 4) is 17.2 Å². The standard InChI is InChI=1S/C23H15Cl2F3N2O5/c24-19-10-15(30(32)33)11-20(25)21(19)34-16-4-5-18-14(9-16)6-7-29(22(18)31)12-13-2-1-3-17(8-13)35-23(26,27)28/h1-5,8-11H,6-7,12H2. The van der Waals surface area contributed by atoms with Crippen LogP contribution in [0.25, 0.3) is 0 Å². The summed E-state index contributed by atoms with van der Waals surface area (Å²) in [6.07, 6.45) is -4.33. The molecular formula is C23H15Cl2F3N2O5. The Morgan fingerprint density at radius 1 is 1.03 bits per heavy atom. The molecule has 0 spiro atoms. The molecule has 0 atom stereocenters. The third-order valence-electron chi connectivity index (χ3n) is 5.16. The topological polar surface area (TPSA) is 81.9 Å². The molecule has 35 heavy (non-hydrogen) atoms. The second-order valence-corrected chi connectivity index (χ2v) is 8.40. The van der Waals surface area contributed by atoms with E-state index in [0.29, 0.717) is 35.4 Å². The van der Waals surface area contributed by atoms with E-state index in [9.17, 15) is 28.1 Å². The molecule has 0 N–H and O–H groups in total. The van der Waals surface area contributed by atoms with Crippen LogP contribution in [0.1, 0.15) is 21.5 Å². The van der Waals surface area contributed by atoms with Crippen LogP contribution < -0.4 is 9.47 Å². The maximum Gasteiger partial charge on any atom is 0.573 e. The molecule has 0 unspecified atom stereocenters. The van der Waals surface area contributed by atoms with Gasteiger partial charge < -0.3 is 14.4 Å². The summed E-state index contributed by atoms with van der Waals surface area (Å²) in [5.74, 6) is -0.264. The number of nitrogens with zero attached hydrogens (tertiary/aromatic N) is 2. The van der Waals surface area contributed by atoms with Crippen molar-refractivity contribution in [2.24, 2.45) is 0 Å². The van der Waals surface area contributed by atoms with E-state index in [-0.39, 0.29) is 39.7 Å². The molecule has 182 valence electrons. The average Bonchev–Trinajstić information content (AvgIpc) is 2.77. The molecule has 0 bridgehead atoms. The number of fused-ring (bicyclic) bond motifs is 1. The molecule has 1 amide bonds. The largest absolute Gasteiger partial charge is 0.573 e. The Morgan fingerprint density at radius 3 is 2.40 bits per heavy atom. The lowest BCUT2D eigenvalue weighted by molar-refractivity contribution is -0.384. The smallest absolute Gasteiger partial charge is 0.454 e. The highest BCUT2D eigenvalue weighted by atomic mass is 35.5. The summed E-state index contributed by atoms with van der Waals surface area (Å²) < 4.78 is 47.1. The van der Waals surface area contributed by atoms with Gasteiger partial charge in [0.15, 0.2) is 5.75 Å². The highest BCUT2D eigenvalue weighted by Crippen LogP contribution is 2.40. The van der Waals surface area contributed by atoms with Crippen LogP contribution in [-0.2, 0) is 13.0 Å². The predicted molar refractivity (Wildman–Crippen MR) is 121 cm³/mol. The van der Waals surface area contributed by atoms with E-state index >= 15 is 0 Å². The van der Waals surface area contributed by atoms with Crippen molar-refractivity contribution in [1.82, 2.24) is 4.90 Å². The molecule has 7 nitrogen and oxygen atoms in total. The van der Waals surface area contributed by atoms with Crippen molar-refractivity contribution in [2.75, 3.05) is 6.54 Å². The number of carbonyl (C=O) groups is 1. The second kappa shape index (κ2) is 9.63. The Balaban J connectivity index is 1.50. The van der Waals surface area contributed by atoms with E-state index in [1.165, 1.54) is 29.2 Å². The molecule has 0 saturated carbocycles. The lowest BCUT2D eigenvalue weighted by atomic mass is 9.98. The number of nitro benzene ring substituents is 1. The number of hydrogen-bond acceptors (Lipinski definition) is 5. The fraction of sp³-hybridized carbons (Fsp3) is 0.174. The van der Waals surface area contributed by atoms with Crippen LogP contribution in [0.15, 0.2) is 54.6 Å². The van der Waals surface area contributed by atoms with Gasteiger partial charge in [0, 0.05) is 30.8 Å². The summed E-state index contributed by atoms with van der Waals surface area (Å²) in [7, 11) is 0. The Morgan fingerprint density at radius 2 is 1.74 bits per heavy atom. The number of hydrogen-bond donors (Lipinski definition) is 0. The van der Waals surface area contributed by atoms with Crippen molar-refractivity contribution in [3.63, 3.8) is 0 Å². The summed E-state index contributed by atoms with van der Waals surface area (Å²) in [6.45, 7) is 0.443. The van der Waals surface area contributed by atoms with Crippen molar-refractivity contribution in [3.05, 3.63) is 91.4 Å². The van der Waals surface area contributed by atoms with Crippen LogP contribution in [-0.4, -0.2) is 28.6 Å². The van der Waals surface area contributed by atoms with Gasteiger partial charge in [0.2, 0.25) is 0 Å². The average molecular weight is 527 g/mol. The molecule has 0 fully saturated rings. The molecule has 0 saturated heterocycles. The van der Waals surface area contributed by atoms with Gasteiger partial charge in [-0.25, -0.2) is 0 Å². The van der Waals surface area contributed by atoms with E-state index in [1.807, 2.05) is 0 Å². The lowest BCUT2D eigenvalue weighted by Gasteiger charge is -2.29. The quantitative estimate of drug-likeness (QED) is 0.261. The number of benzene rings is 3. The first-order valence-corrected chi connectivity index (χ1v) is 10.8. The zero-order valence-corrected chi connectivity index (χ0v) is 19.2. The molecule has 4 rings (SSSR count). The van der Waals surface area contributed by atoms with Gasteiger partial charge in [-0.05, 0) is 47.9 Å². The summed E-state index contributed by atoms with van der Waals surface area (Å²) >= 11 is 12.2. The monoisotopic (exact) mass is 526 g/mol. The van der Waals surface area contributed by atoms with E-state index in [0.717, 1.165) is 12.1 Å². The third-order valence-corrected chi connectivity index (χ3v) is 5.73. The van der Waals surface area contributed by atoms with E-state index in [4.69, 9.17) is 27.9 Å². The minimum atomic E-state index is -4.80. The van der Waals surface area contributed by atoms with Gasteiger partial charge in [0.1, 0.15) is 11.5 Å². The Bertz CT molecular complexity index is 1290. The Labute approximate surface area is 206 Å². The number of rotatable bonds is 6. The molecule has 1 aliphatic heterocycles. The van der Waals surface area contributed by atoms with Gasteiger partial charge >= 0.3 is 6.36 Å². The molecule has 12 heteroatoms. The minimum absolute atomic E-state index is 0.0408. The second-order valence-electron chi connectivity index (χ2n) is 7.59. The van der Waals surface area contributed by atoms with Crippen molar-refractivity contribution in [2.45, 2.75) is 19.3 Å². The Hall–Kier alpha value is -3.50. The SMILES string of the molecule is O=C1c2ccc(Oc3c(Cl)cc([N+](=O)[O-])cc3Cl)cc2CCN1Cc1cccc(OC(F)(F)F)c1. The fourth-order valence-electron chi connectivity index (χ4n) is 3.66. The van der Waals surface area contributed by atoms with Crippen molar-refractivity contribution < 1.29 is 32.4 Å². The number of alkyl halides is 3. The fourth-order valence-corrected chi connectivity index (χ4v) is 4.21. The molecule has 1 heterocycles. The number of carbonyl (C=O) groups excluding carboxylic acids is 1. The van der Waals surface area contributed by atoms with Gasteiger partial charge in [-0.15, -0.1) is 13.2 Å². The van der Waals surface area contributed by atoms with Gasteiger partial charge in [-0.2, -0.15) is 0 Å². The first-order valence-electron chi connectivity index (χ1n) is 10.1. The van der Waals surface area contributed by atoms with Gasteiger partial charge in [0.05, 0.1) is 15.0 Å². The van der Waals surface area contributed by atoms with Crippen LogP contribution in [0, 0.1) is 10.1 Å². The van der Waals surface area contributed by atoms with Gasteiger partial charge in [-0.1, -0.05) is 35.3 Å². The zero-order chi connectivity index (χ0) is 25.3. The highest BCUT2D eigenvalue weighted by molar-refractivity contribution is 6.37. The summed E-state index contributed by atoms with van der Waals surface area (Å²) in [6, 6.07) is 12.5. The van der Waals surface area contributed by atoms with Gasteiger partial charge in [0.25, 0.3) is 11.6 Å².